The molecule has 0 aliphatic heterocycles. The third kappa shape index (κ3) is 2.24. The van der Waals surface area contributed by atoms with E-state index in [2.05, 4.69) is 5.32 Å². The van der Waals surface area contributed by atoms with E-state index >= 15 is 0 Å². The van der Waals surface area contributed by atoms with Crippen molar-refractivity contribution in [2.24, 2.45) is 0 Å². The van der Waals surface area contributed by atoms with Crippen LogP contribution in [0.5, 0.6) is 0 Å². The van der Waals surface area contributed by atoms with Crippen molar-refractivity contribution in [1.29, 1.82) is 0 Å². The highest BCUT2D eigenvalue weighted by molar-refractivity contribution is 5.47. The van der Waals surface area contributed by atoms with Gasteiger partial charge in [-0.3, -0.25) is 0 Å². The van der Waals surface area contributed by atoms with E-state index in [1.165, 1.54) is 6.07 Å². The van der Waals surface area contributed by atoms with Crippen LogP contribution in [0.2, 0.25) is 0 Å². The SMILES string of the molecule is Cc1cc(NC(C)c2ccoc2)ccc1F. The molecule has 1 heterocycles. The molecule has 0 radical (unpaired) electrons. The van der Waals surface area contributed by atoms with Crippen LogP contribution in [0.15, 0.2) is 41.2 Å². The molecule has 0 spiro atoms. The highest BCUT2D eigenvalue weighted by Gasteiger charge is 2.07. The van der Waals surface area contributed by atoms with Crippen LogP contribution in [-0.2, 0) is 0 Å². The normalized spacial score (nSPS) is 12.4. The highest BCUT2D eigenvalue weighted by Crippen LogP contribution is 2.21. The van der Waals surface area contributed by atoms with E-state index in [4.69, 9.17) is 4.42 Å². The third-order valence-electron chi connectivity index (χ3n) is 2.58. The molecule has 2 rings (SSSR count). The minimum Gasteiger partial charge on any atom is -0.472 e. The molecule has 0 bridgehead atoms. The first-order chi connectivity index (χ1) is 7.66. The predicted octanol–water partition coefficient (Wildman–Crippen LogP) is 3.90. The van der Waals surface area contributed by atoms with Crippen molar-refractivity contribution in [3.63, 3.8) is 0 Å². The molecule has 1 aromatic heterocycles. The van der Waals surface area contributed by atoms with E-state index in [9.17, 15) is 4.39 Å². The summed E-state index contributed by atoms with van der Waals surface area (Å²) in [6, 6.07) is 7.06. The number of anilines is 1. The molecule has 84 valence electrons. The molecule has 1 aromatic carbocycles. The summed E-state index contributed by atoms with van der Waals surface area (Å²) in [5.41, 5.74) is 2.62. The van der Waals surface area contributed by atoms with Crippen molar-refractivity contribution in [1.82, 2.24) is 0 Å². The van der Waals surface area contributed by atoms with Crippen molar-refractivity contribution in [3.8, 4) is 0 Å². The maximum Gasteiger partial charge on any atom is 0.126 e. The molecule has 0 aliphatic rings. The Bertz CT molecular complexity index is 465. The number of hydrogen-bond acceptors (Lipinski definition) is 2. The first-order valence-electron chi connectivity index (χ1n) is 5.21. The Hall–Kier alpha value is -1.77. The zero-order valence-electron chi connectivity index (χ0n) is 9.33. The molecular weight excluding hydrogens is 205 g/mol. The van der Waals surface area contributed by atoms with Crippen LogP contribution in [0.25, 0.3) is 0 Å². The number of furan rings is 1. The van der Waals surface area contributed by atoms with Crippen LogP contribution in [0.1, 0.15) is 24.1 Å². The van der Waals surface area contributed by atoms with Crippen molar-refractivity contribution in [2.75, 3.05) is 5.32 Å². The monoisotopic (exact) mass is 219 g/mol. The van der Waals surface area contributed by atoms with Gasteiger partial charge < -0.3 is 9.73 Å². The molecule has 16 heavy (non-hydrogen) atoms. The lowest BCUT2D eigenvalue weighted by molar-refractivity contribution is 0.562. The van der Waals surface area contributed by atoms with E-state index in [1.54, 1.807) is 31.6 Å². The topological polar surface area (TPSA) is 25.2 Å². The number of aryl methyl sites for hydroxylation is 1. The molecule has 0 fully saturated rings. The van der Waals surface area contributed by atoms with Gasteiger partial charge in [-0.25, -0.2) is 4.39 Å². The zero-order valence-corrected chi connectivity index (χ0v) is 9.33. The zero-order chi connectivity index (χ0) is 11.5. The Morgan fingerprint density at radius 1 is 1.31 bits per heavy atom. The summed E-state index contributed by atoms with van der Waals surface area (Å²) < 4.78 is 18.1. The van der Waals surface area contributed by atoms with E-state index in [-0.39, 0.29) is 11.9 Å². The summed E-state index contributed by atoms with van der Waals surface area (Å²) in [5, 5.41) is 3.29. The first kappa shape index (κ1) is 10.7. The van der Waals surface area contributed by atoms with Crippen LogP contribution in [0.4, 0.5) is 10.1 Å². The van der Waals surface area contributed by atoms with Gasteiger partial charge in [0.1, 0.15) is 5.82 Å². The number of hydrogen-bond donors (Lipinski definition) is 1. The largest absolute Gasteiger partial charge is 0.472 e. The van der Waals surface area contributed by atoms with Crippen molar-refractivity contribution in [2.45, 2.75) is 19.9 Å². The number of rotatable bonds is 3. The van der Waals surface area contributed by atoms with Gasteiger partial charge >= 0.3 is 0 Å². The Labute approximate surface area is 94.1 Å². The summed E-state index contributed by atoms with van der Waals surface area (Å²) in [6.07, 6.45) is 3.34. The molecular formula is C13H14FNO. The second kappa shape index (κ2) is 4.39. The molecule has 0 amide bonds. The van der Waals surface area contributed by atoms with Crippen molar-refractivity contribution < 1.29 is 8.81 Å². The Morgan fingerprint density at radius 3 is 2.75 bits per heavy atom. The van der Waals surface area contributed by atoms with Crippen LogP contribution in [-0.4, -0.2) is 0 Å². The molecule has 0 saturated carbocycles. The Balaban J connectivity index is 2.12. The molecule has 1 atom stereocenters. The lowest BCUT2D eigenvalue weighted by atomic mass is 10.1. The van der Waals surface area contributed by atoms with Gasteiger partial charge in [0.15, 0.2) is 0 Å². The maximum absolute atomic E-state index is 13.1. The molecule has 3 heteroatoms. The van der Waals surface area contributed by atoms with Crippen LogP contribution in [0, 0.1) is 12.7 Å². The Morgan fingerprint density at radius 2 is 2.12 bits per heavy atom. The van der Waals surface area contributed by atoms with Crippen LogP contribution < -0.4 is 5.32 Å². The van der Waals surface area contributed by atoms with Gasteiger partial charge in [0.25, 0.3) is 0 Å². The smallest absolute Gasteiger partial charge is 0.126 e. The van der Waals surface area contributed by atoms with Crippen molar-refractivity contribution in [3.05, 3.63) is 53.7 Å². The Kier molecular flexibility index (Phi) is 2.95. The number of halogens is 1. The predicted molar refractivity (Wildman–Crippen MR) is 61.9 cm³/mol. The number of benzene rings is 1. The van der Waals surface area contributed by atoms with Crippen LogP contribution in [0.3, 0.4) is 0 Å². The average Bonchev–Trinajstić information content (AvgIpc) is 2.77. The maximum atomic E-state index is 13.1. The second-order valence-corrected chi connectivity index (χ2v) is 3.89. The van der Waals surface area contributed by atoms with Gasteiger partial charge in [-0.15, -0.1) is 0 Å². The van der Waals surface area contributed by atoms with E-state index in [0.29, 0.717) is 5.56 Å². The third-order valence-corrected chi connectivity index (χ3v) is 2.58. The number of nitrogens with one attached hydrogen (secondary N) is 1. The van der Waals surface area contributed by atoms with Crippen molar-refractivity contribution >= 4 is 5.69 Å². The van der Waals surface area contributed by atoms with Gasteiger partial charge in [-0.2, -0.15) is 0 Å². The van der Waals surface area contributed by atoms with E-state index in [0.717, 1.165) is 11.3 Å². The van der Waals surface area contributed by atoms with Gasteiger partial charge in [0.2, 0.25) is 0 Å². The summed E-state index contributed by atoms with van der Waals surface area (Å²) in [6.45, 7) is 3.78. The highest BCUT2D eigenvalue weighted by atomic mass is 19.1. The second-order valence-electron chi connectivity index (χ2n) is 3.89. The summed E-state index contributed by atoms with van der Waals surface area (Å²) >= 11 is 0. The fraction of sp³-hybridized carbons (Fsp3) is 0.231. The molecule has 1 N–H and O–H groups in total. The minimum absolute atomic E-state index is 0.142. The van der Waals surface area contributed by atoms with E-state index in [1.807, 2.05) is 13.0 Å². The average molecular weight is 219 g/mol. The minimum atomic E-state index is -0.179. The quantitative estimate of drug-likeness (QED) is 0.846. The summed E-state index contributed by atoms with van der Waals surface area (Å²) in [7, 11) is 0. The molecule has 2 aromatic rings. The molecule has 0 aliphatic carbocycles. The lowest BCUT2D eigenvalue weighted by Gasteiger charge is -2.14. The summed E-state index contributed by atoms with van der Waals surface area (Å²) in [5.74, 6) is -0.179. The first-order valence-corrected chi connectivity index (χ1v) is 5.21. The van der Waals surface area contributed by atoms with Gasteiger partial charge in [0, 0.05) is 11.3 Å². The molecule has 0 saturated heterocycles. The van der Waals surface area contributed by atoms with E-state index < -0.39 is 0 Å². The lowest BCUT2D eigenvalue weighted by Crippen LogP contribution is -2.05. The molecule has 2 nitrogen and oxygen atoms in total. The van der Waals surface area contributed by atoms with Gasteiger partial charge in [-0.05, 0) is 43.7 Å². The van der Waals surface area contributed by atoms with Gasteiger partial charge in [0.05, 0.1) is 18.6 Å². The molecule has 1 unspecified atom stereocenters. The summed E-state index contributed by atoms with van der Waals surface area (Å²) in [4.78, 5) is 0. The standard InChI is InChI=1S/C13H14FNO/c1-9-7-12(3-4-13(9)14)15-10(2)11-5-6-16-8-11/h3-8,10,15H,1-2H3. The fourth-order valence-corrected chi connectivity index (χ4v) is 1.59. The van der Waals surface area contributed by atoms with Crippen LogP contribution >= 0.6 is 0 Å². The van der Waals surface area contributed by atoms with Gasteiger partial charge in [-0.1, -0.05) is 0 Å². The fourth-order valence-electron chi connectivity index (χ4n) is 1.59.